The summed E-state index contributed by atoms with van der Waals surface area (Å²) in [6.45, 7) is 2.22. The van der Waals surface area contributed by atoms with Crippen LogP contribution >= 0.6 is 0 Å². The molecule has 24 heavy (non-hydrogen) atoms. The van der Waals surface area contributed by atoms with Crippen molar-refractivity contribution >= 4 is 29.2 Å². The van der Waals surface area contributed by atoms with Crippen LogP contribution in [0, 0.1) is 0 Å². The first kappa shape index (κ1) is 14.7. The van der Waals surface area contributed by atoms with Gasteiger partial charge in [-0.15, -0.1) is 0 Å². The fourth-order valence-electron chi connectivity index (χ4n) is 3.34. The molecule has 2 aliphatic heterocycles. The van der Waals surface area contributed by atoms with Crippen LogP contribution in [-0.2, 0) is 4.79 Å². The Hall–Kier alpha value is -2.88. The van der Waals surface area contributed by atoms with Gasteiger partial charge in [0.15, 0.2) is 0 Å². The average Bonchev–Trinajstić information content (AvgIpc) is 3.14. The number of hydrogen-bond donors (Lipinski definition) is 1. The third kappa shape index (κ3) is 2.60. The lowest BCUT2D eigenvalue weighted by Crippen LogP contribution is -2.36. The Kier molecular flexibility index (Phi) is 3.65. The van der Waals surface area contributed by atoms with Gasteiger partial charge in [0.2, 0.25) is 0 Å². The Morgan fingerprint density at radius 2 is 1.50 bits per heavy atom. The Bertz CT molecular complexity index is 831. The van der Waals surface area contributed by atoms with E-state index in [1.165, 1.54) is 18.5 Å². The first-order valence-electron chi connectivity index (χ1n) is 8.24. The van der Waals surface area contributed by atoms with Crippen molar-refractivity contribution in [3.05, 3.63) is 65.2 Å². The number of anilines is 1. The topological polar surface area (TPSA) is 49.4 Å². The van der Waals surface area contributed by atoms with E-state index in [9.17, 15) is 9.59 Å². The summed E-state index contributed by atoms with van der Waals surface area (Å²) < 4.78 is 0. The molecule has 0 bridgehead atoms. The molecule has 2 aromatic rings. The van der Waals surface area contributed by atoms with E-state index in [1.54, 1.807) is 12.1 Å². The largest absolute Gasteiger partial charge is 0.372 e. The van der Waals surface area contributed by atoms with Gasteiger partial charge >= 0.3 is 0 Å². The maximum absolute atomic E-state index is 12.2. The molecule has 4 rings (SSSR count). The van der Waals surface area contributed by atoms with Crippen molar-refractivity contribution in [1.29, 1.82) is 0 Å². The van der Waals surface area contributed by atoms with E-state index in [-0.39, 0.29) is 11.8 Å². The van der Waals surface area contributed by atoms with E-state index < -0.39 is 0 Å². The molecule has 0 spiro atoms. The predicted molar refractivity (Wildman–Crippen MR) is 94.7 cm³/mol. The zero-order valence-corrected chi connectivity index (χ0v) is 13.3. The number of imide groups is 1. The van der Waals surface area contributed by atoms with Gasteiger partial charge in [0.25, 0.3) is 11.8 Å². The number of benzene rings is 2. The van der Waals surface area contributed by atoms with Gasteiger partial charge in [0.1, 0.15) is 0 Å². The summed E-state index contributed by atoms with van der Waals surface area (Å²) in [5, 5.41) is 2.41. The molecule has 2 heterocycles. The molecule has 0 aromatic heterocycles. The number of amides is 2. The predicted octanol–water partition coefficient (Wildman–Crippen LogP) is 3.10. The Labute approximate surface area is 140 Å². The molecule has 0 atom stereocenters. The van der Waals surface area contributed by atoms with E-state index in [2.05, 4.69) is 22.3 Å². The highest BCUT2D eigenvalue weighted by Gasteiger charge is 2.26. The van der Waals surface area contributed by atoms with E-state index in [0.717, 1.165) is 18.7 Å². The Morgan fingerprint density at radius 3 is 2.21 bits per heavy atom. The van der Waals surface area contributed by atoms with E-state index in [4.69, 9.17) is 0 Å². The highest BCUT2D eigenvalue weighted by molar-refractivity contribution is 6.33. The molecule has 4 nitrogen and oxygen atoms in total. The van der Waals surface area contributed by atoms with Gasteiger partial charge in [-0.25, -0.2) is 0 Å². The summed E-state index contributed by atoms with van der Waals surface area (Å²) in [4.78, 5) is 26.5. The zero-order chi connectivity index (χ0) is 16.5. The first-order chi connectivity index (χ1) is 11.7. The van der Waals surface area contributed by atoms with Crippen LogP contribution in [0.4, 0.5) is 5.69 Å². The Balaban J connectivity index is 1.68. The summed E-state index contributed by atoms with van der Waals surface area (Å²) in [7, 11) is 0. The number of hydrogen-bond acceptors (Lipinski definition) is 3. The molecule has 1 fully saturated rings. The van der Waals surface area contributed by atoms with Crippen LogP contribution in [0.25, 0.3) is 11.6 Å². The molecule has 2 aromatic carbocycles. The van der Waals surface area contributed by atoms with Gasteiger partial charge in [-0.1, -0.05) is 30.3 Å². The van der Waals surface area contributed by atoms with Crippen molar-refractivity contribution in [3.63, 3.8) is 0 Å². The van der Waals surface area contributed by atoms with Crippen LogP contribution in [0.15, 0.2) is 48.5 Å². The molecule has 0 saturated carbocycles. The molecule has 0 unspecified atom stereocenters. The smallest absolute Gasteiger partial charge is 0.258 e. The second-order valence-corrected chi connectivity index (χ2v) is 6.17. The summed E-state index contributed by atoms with van der Waals surface area (Å²) in [6.07, 6.45) is 4.34. The van der Waals surface area contributed by atoms with Crippen molar-refractivity contribution in [1.82, 2.24) is 5.32 Å². The summed E-state index contributed by atoms with van der Waals surface area (Å²) in [6, 6.07) is 15.4. The average molecular weight is 318 g/mol. The number of nitrogens with zero attached hydrogens (tertiary/aromatic N) is 1. The molecule has 0 radical (unpaired) electrons. The first-order valence-corrected chi connectivity index (χ1v) is 8.24. The van der Waals surface area contributed by atoms with Crippen molar-refractivity contribution in [3.8, 4) is 0 Å². The third-order valence-corrected chi connectivity index (χ3v) is 4.61. The number of nitrogens with one attached hydrogen (secondary N) is 1. The second-order valence-electron chi connectivity index (χ2n) is 6.17. The molecule has 2 amide bonds. The maximum atomic E-state index is 12.2. The van der Waals surface area contributed by atoms with Crippen molar-refractivity contribution in [2.45, 2.75) is 12.8 Å². The van der Waals surface area contributed by atoms with Crippen molar-refractivity contribution in [2.75, 3.05) is 18.0 Å². The van der Waals surface area contributed by atoms with Crippen LogP contribution in [0.1, 0.15) is 34.3 Å². The lowest BCUT2D eigenvalue weighted by atomic mass is 9.93. The fourth-order valence-corrected chi connectivity index (χ4v) is 3.34. The minimum Gasteiger partial charge on any atom is -0.372 e. The lowest BCUT2D eigenvalue weighted by Gasteiger charge is -2.19. The van der Waals surface area contributed by atoms with Crippen molar-refractivity contribution in [2.24, 2.45) is 0 Å². The monoisotopic (exact) mass is 318 g/mol. The fraction of sp³-hybridized carbons (Fsp3) is 0.200. The van der Waals surface area contributed by atoms with E-state index >= 15 is 0 Å². The molecule has 0 aliphatic carbocycles. The van der Waals surface area contributed by atoms with Crippen LogP contribution in [0.2, 0.25) is 0 Å². The molecule has 120 valence electrons. The van der Waals surface area contributed by atoms with Gasteiger partial charge in [-0.2, -0.15) is 0 Å². The van der Waals surface area contributed by atoms with E-state index in [0.29, 0.717) is 16.7 Å². The minimum absolute atomic E-state index is 0.336. The number of fused-ring (bicyclic) bond motifs is 1. The van der Waals surface area contributed by atoms with Crippen molar-refractivity contribution < 1.29 is 9.59 Å². The van der Waals surface area contributed by atoms with Gasteiger partial charge in [-0.3, -0.25) is 14.9 Å². The maximum Gasteiger partial charge on any atom is 0.258 e. The van der Waals surface area contributed by atoms with Gasteiger partial charge in [0, 0.05) is 29.9 Å². The van der Waals surface area contributed by atoms with Crippen LogP contribution in [0.5, 0.6) is 0 Å². The minimum atomic E-state index is -0.345. The van der Waals surface area contributed by atoms with Crippen LogP contribution < -0.4 is 10.2 Å². The molecule has 2 aliphatic rings. The second kappa shape index (κ2) is 5.96. The van der Waals surface area contributed by atoms with Crippen LogP contribution in [-0.4, -0.2) is 24.9 Å². The number of rotatable bonds is 2. The molecule has 1 N–H and O–H groups in total. The molecular weight excluding hydrogens is 300 g/mol. The Morgan fingerprint density at radius 1 is 0.833 bits per heavy atom. The van der Waals surface area contributed by atoms with Gasteiger partial charge < -0.3 is 4.90 Å². The lowest BCUT2D eigenvalue weighted by molar-refractivity contribution is -0.114. The zero-order valence-electron chi connectivity index (χ0n) is 13.3. The molecular formula is C20H18N2O2. The quantitative estimate of drug-likeness (QED) is 0.684. The molecule has 1 saturated heterocycles. The van der Waals surface area contributed by atoms with Gasteiger partial charge in [0.05, 0.1) is 0 Å². The highest BCUT2D eigenvalue weighted by Crippen LogP contribution is 2.27. The van der Waals surface area contributed by atoms with Gasteiger partial charge in [-0.05, 0) is 48.2 Å². The summed E-state index contributed by atoms with van der Waals surface area (Å²) in [5.41, 5.74) is 3.93. The number of carbonyl (C=O) groups excluding carboxylic acids is 2. The summed E-state index contributed by atoms with van der Waals surface area (Å²) >= 11 is 0. The molecule has 4 heteroatoms. The number of carbonyl (C=O) groups is 2. The van der Waals surface area contributed by atoms with E-state index in [1.807, 2.05) is 30.3 Å². The van der Waals surface area contributed by atoms with Crippen LogP contribution in [0.3, 0.4) is 0 Å². The highest BCUT2D eigenvalue weighted by atomic mass is 16.2. The normalized spacial score (nSPS) is 18.7. The SMILES string of the molecule is O=C1NC(=O)c2ccccc2/C1=C\c1ccc(N2CCCC2)cc1. The third-order valence-electron chi connectivity index (χ3n) is 4.61. The summed E-state index contributed by atoms with van der Waals surface area (Å²) in [5.74, 6) is -0.681. The standard InChI is InChI=1S/C20H18N2O2/c23-19-17-6-2-1-5-16(17)18(20(24)21-19)13-14-7-9-15(10-8-14)22-11-3-4-12-22/h1-2,5-10,13H,3-4,11-12H2,(H,21,23,24)/b18-13+.